The van der Waals surface area contributed by atoms with E-state index in [9.17, 15) is 9.59 Å². The number of nitrogens with one attached hydrogen (secondary N) is 2. The van der Waals surface area contributed by atoms with Crippen LogP contribution in [0.1, 0.15) is 11.1 Å². The van der Waals surface area contributed by atoms with E-state index in [1.807, 2.05) is 55.5 Å². The molecular weight excluding hydrogens is 342 g/mol. The van der Waals surface area contributed by atoms with Crippen molar-refractivity contribution in [2.75, 3.05) is 43.1 Å². The van der Waals surface area contributed by atoms with Gasteiger partial charge in [0.05, 0.1) is 37.6 Å². The number of aryl methyl sites for hydroxylation is 1. The lowest BCUT2D eigenvalue weighted by atomic mass is 10.1. The number of carbonyl (C=O) groups is 2. The van der Waals surface area contributed by atoms with E-state index >= 15 is 0 Å². The summed E-state index contributed by atoms with van der Waals surface area (Å²) in [4.78, 5) is 26.6. The van der Waals surface area contributed by atoms with Crippen LogP contribution in [0.4, 0.5) is 11.4 Å². The maximum atomic E-state index is 12.3. The van der Waals surface area contributed by atoms with E-state index < -0.39 is 0 Å². The fourth-order valence-electron chi connectivity index (χ4n) is 3.10. The third kappa shape index (κ3) is 5.56. The van der Waals surface area contributed by atoms with Crippen LogP contribution in [0.5, 0.6) is 0 Å². The van der Waals surface area contributed by atoms with Gasteiger partial charge in [0.25, 0.3) is 0 Å². The van der Waals surface area contributed by atoms with Crippen molar-refractivity contribution in [3.63, 3.8) is 0 Å². The normalized spacial score (nSPS) is 13.9. The van der Waals surface area contributed by atoms with Crippen LogP contribution < -0.4 is 15.5 Å². The SMILES string of the molecule is Cc1cccc(CC(=O)NCC(=O)Nc2ccccc2N2CCOCC2)c1. The van der Waals surface area contributed by atoms with Crippen molar-refractivity contribution in [2.24, 2.45) is 0 Å². The second-order valence-electron chi connectivity index (χ2n) is 6.61. The highest BCUT2D eigenvalue weighted by Crippen LogP contribution is 2.26. The van der Waals surface area contributed by atoms with Crippen LogP contribution in [0.25, 0.3) is 0 Å². The molecule has 2 aromatic carbocycles. The minimum Gasteiger partial charge on any atom is -0.378 e. The Morgan fingerprint density at radius 3 is 2.59 bits per heavy atom. The van der Waals surface area contributed by atoms with Crippen LogP contribution in [0.15, 0.2) is 48.5 Å². The molecule has 142 valence electrons. The molecule has 1 fully saturated rings. The first-order chi connectivity index (χ1) is 13.1. The summed E-state index contributed by atoms with van der Waals surface area (Å²) >= 11 is 0. The molecular formula is C21H25N3O3. The van der Waals surface area contributed by atoms with Crippen LogP contribution in [0.3, 0.4) is 0 Å². The fraction of sp³-hybridized carbons (Fsp3) is 0.333. The van der Waals surface area contributed by atoms with Gasteiger partial charge < -0.3 is 20.3 Å². The summed E-state index contributed by atoms with van der Waals surface area (Å²) in [6, 6.07) is 15.5. The molecule has 0 unspecified atom stereocenters. The van der Waals surface area contributed by atoms with Gasteiger partial charge in [-0.25, -0.2) is 0 Å². The molecule has 2 aromatic rings. The molecule has 0 spiro atoms. The third-order valence-corrected chi connectivity index (χ3v) is 4.42. The van der Waals surface area contributed by atoms with Crippen LogP contribution in [0.2, 0.25) is 0 Å². The molecule has 1 heterocycles. The molecule has 2 amide bonds. The van der Waals surface area contributed by atoms with Gasteiger partial charge in [-0.05, 0) is 24.6 Å². The average Bonchev–Trinajstić information content (AvgIpc) is 2.67. The van der Waals surface area contributed by atoms with E-state index in [1.54, 1.807) is 0 Å². The van der Waals surface area contributed by atoms with Crippen molar-refractivity contribution in [1.29, 1.82) is 0 Å². The summed E-state index contributed by atoms with van der Waals surface area (Å²) in [6.07, 6.45) is 0.263. The number of anilines is 2. The maximum Gasteiger partial charge on any atom is 0.243 e. The number of amides is 2. The average molecular weight is 367 g/mol. The lowest BCUT2D eigenvalue weighted by molar-refractivity contribution is -0.123. The van der Waals surface area contributed by atoms with E-state index in [1.165, 1.54) is 0 Å². The Hall–Kier alpha value is -2.86. The first-order valence-electron chi connectivity index (χ1n) is 9.15. The number of ether oxygens (including phenoxy) is 1. The van der Waals surface area contributed by atoms with Crippen molar-refractivity contribution in [3.8, 4) is 0 Å². The van der Waals surface area contributed by atoms with Gasteiger partial charge in [0, 0.05) is 13.1 Å². The van der Waals surface area contributed by atoms with Crippen molar-refractivity contribution in [2.45, 2.75) is 13.3 Å². The molecule has 6 heteroatoms. The molecule has 2 N–H and O–H groups in total. The van der Waals surface area contributed by atoms with Gasteiger partial charge in [-0.2, -0.15) is 0 Å². The van der Waals surface area contributed by atoms with Gasteiger partial charge in [0.1, 0.15) is 0 Å². The summed E-state index contributed by atoms with van der Waals surface area (Å²) in [5.41, 5.74) is 3.76. The highest BCUT2D eigenvalue weighted by molar-refractivity contribution is 5.97. The van der Waals surface area contributed by atoms with Gasteiger partial charge in [-0.3, -0.25) is 9.59 Å². The van der Waals surface area contributed by atoms with Gasteiger partial charge >= 0.3 is 0 Å². The predicted octanol–water partition coefficient (Wildman–Crippen LogP) is 2.13. The Morgan fingerprint density at radius 2 is 1.81 bits per heavy atom. The van der Waals surface area contributed by atoms with E-state index in [0.717, 1.165) is 35.6 Å². The molecule has 1 aliphatic heterocycles. The zero-order valence-electron chi connectivity index (χ0n) is 15.5. The Bertz CT molecular complexity index is 801. The Labute approximate surface area is 159 Å². The molecule has 27 heavy (non-hydrogen) atoms. The quantitative estimate of drug-likeness (QED) is 0.821. The second-order valence-corrected chi connectivity index (χ2v) is 6.61. The molecule has 6 nitrogen and oxygen atoms in total. The Balaban J connectivity index is 1.53. The number of hydrogen-bond acceptors (Lipinski definition) is 4. The standard InChI is InChI=1S/C21H25N3O3/c1-16-5-4-6-17(13-16)14-20(25)22-15-21(26)23-18-7-2-3-8-19(18)24-9-11-27-12-10-24/h2-8,13H,9-12,14-15H2,1H3,(H,22,25)(H,23,26). The maximum absolute atomic E-state index is 12.3. The minimum atomic E-state index is -0.242. The molecule has 0 aromatic heterocycles. The van der Waals surface area contributed by atoms with Gasteiger partial charge in [-0.15, -0.1) is 0 Å². The summed E-state index contributed by atoms with van der Waals surface area (Å²) in [5, 5.41) is 5.59. The second kappa shape index (κ2) is 9.19. The van der Waals surface area contributed by atoms with Crippen LogP contribution in [-0.4, -0.2) is 44.7 Å². The summed E-state index contributed by atoms with van der Waals surface area (Å²) in [7, 11) is 0. The minimum absolute atomic E-state index is 0.0535. The van der Waals surface area contributed by atoms with Gasteiger partial charge in [0.15, 0.2) is 0 Å². The highest BCUT2D eigenvalue weighted by Gasteiger charge is 2.16. The van der Waals surface area contributed by atoms with Gasteiger partial charge in [-0.1, -0.05) is 42.0 Å². The van der Waals surface area contributed by atoms with Crippen LogP contribution in [0, 0.1) is 6.92 Å². The fourth-order valence-corrected chi connectivity index (χ4v) is 3.10. The lowest BCUT2D eigenvalue weighted by Gasteiger charge is -2.30. The molecule has 1 aliphatic rings. The van der Waals surface area contributed by atoms with Crippen LogP contribution in [-0.2, 0) is 20.7 Å². The predicted molar refractivity (Wildman–Crippen MR) is 106 cm³/mol. The monoisotopic (exact) mass is 367 g/mol. The number of para-hydroxylation sites is 2. The molecule has 0 bridgehead atoms. The van der Waals surface area contributed by atoms with E-state index in [-0.39, 0.29) is 24.8 Å². The molecule has 3 rings (SSSR count). The van der Waals surface area contributed by atoms with Gasteiger partial charge in [0.2, 0.25) is 11.8 Å². The van der Waals surface area contributed by atoms with E-state index in [0.29, 0.717) is 13.2 Å². The smallest absolute Gasteiger partial charge is 0.243 e. The topological polar surface area (TPSA) is 70.7 Å². The first kappa shape index (κ1) is 18.9. The van der Waals surface area contributed by atoms with E-state index in [4.69, 9.17) is 4.74 Å². The number of morpholine rings is 1. The largest absolute Gasteiger partial charge is 0.378 e. The lowest BCUT2D eigenvalue weighted by Crippen LogP contribution is -2.37. The summed E-state index contributed by atoms with van der Waals surface area (Å²) < 4.78 is 5.39. The molecule has 0 aliphatic carbocycles. The van der Waals surface area contributed by atoms with Crippen molar-refractivity contribution in [3.05, 3.63) is 59.7 Å². The summed E-state index contributed by atoms with van der Waals surface area (Å²) in [5.74, 6) is -0.412. The number of rotatable bonds is 6. The third-order valence-electron chi connectivity index (χ3n) is 4.42. The molecule has 0 saturated carbocycles. The van der Waals surface area contributed by atoms with Crippen molar-refractivity contribution >= 4 is 23.2 Å². The number of hydrogen-bond donors (Lipinski definition) is 2. The molecule has 0 atom stereocenters. The highest BCUT2D eigenvalue weighted by atomic mass is 16.5. The van der Waals surface area contributed by atoms with E-state index in [2.05, 4.69) is 15.5 Å². The van der Waals surface area contributed by atoms with Crippen LogP contribution >= 0.6 is 0 Å². The first-order valence-corrected chi connectivity index (χ1v) is 9.15. The summed E-state index contributed by atoms with van der Waals surface area (Å²) in [6.45, 7) is 4.87. The van der Waals surface area contributed by atoms with Crippen molar-refractivity contribution < 1.29 is 14.3 Å². The molecule has 0 radical (unpaired) electrons. The number of nitrogens with zero attached hydrogens (tertiary/aromatic N) is 1. The zero-order chi connectivity index (χ0) is 19.1. The Morgan fingerprint density at radius 1 is 1.04 bits per heavy atom. The molecule has 1 saturated heterocycles. The Kier molecular flexibility index (Phi) is 6.44. The number of carbonyl (C=O) groups excluding carboxylic acids is 2. The van der Waals surface area contributed by atoms with Crippen molar-refractivity contribution in [1.82, 2.24) is 5.32 Å². The number of benzene rings is 2. The zero-order valence-corrected chi connectivity index (χ0v) is 15.5.